The van der Waals surface area contributed by atoms with Crippen molar-refractivity contribution in [3.8, 4) is 0 Å². The van der Waals surface area contributed by atoms with Crippen LogP contribution >= 0.6 is 0 Å². The van der Waals surface area contributed by atoms with Gasteiger partial charge in [0.15, 0.2) is 0 Å². The van der Waals surface area contributed by atoms with E-state index in [9.17, 15) is 0 Å². The second-order valence-electron chi connectivity index (χ2n) is 5.62. The van der Waals surface area contributed by atoms with Crippen LogP contribution in [0.5, 0.6) is 0 Å². The van der Waals surface area contributed by atoms with E-state index >= 15 is 0 Å². The number of nitrogens with zero attached hydrogens (tertiary/aromatic N) is 1. The van der Waals surface area contributed by atoms with E-state index in [4.69, 9.17) is 0 Å². The van der Waals surface area contributed by atoms with Crippen molar-refractivity contribution in [2.24, 2.45) is 0 Å². The van der Waals surface area contributed by atoms with Gasteiger partial charge in [-0.25, -0.2) is 0 Å². The number of hydrogen-bond donors (Lipinski definition) is 1. The summed E-state index contributed by atoms with van der Waals surface area (Å²) in [5, 5.41) is 3.65. The van der Waals surface area contributed by atoms with E-state index in [2.05, 4.69) is 61.6 Å². The summed E-state index contributed by atoms with van der Waals surface area (Å²) in [5.74, 6) is 0.730. The molecule has 2 nitrogen and oxygen atoms in total. The molecule has 18 heavy (non-hydrogen) atoms. The lowest BCUT2D eigenvalue weighted by Gasteiger charge is -2.40. The highest BCUT2D eigenvalue weighted by Crippen LogP contribution is 2.34. The molecular formula is C16H26N2. The third-order valence-electron chi connectivity index (χ3n) is 4.22. The van der Waals surface area contributed by atoms with E-state index in [-0.39, 0.29) is 0 Å². The molecule has 1 fully saturated rings. The van der Waals surface area contributed by atoms with Crippen molar-refractivity contribution in [3.05, 3.63) is 35.9 Å². The van der Waals surface area contributed by atoms with Gasteiger partial charge in [-0.15, -0.1) is 0 Å². The predicted octanol–water partition coefficient (Wildman–Crippen LogP) is 2.86. The van der Waals surface area contributed by atoms with E-state index in [1.807, 2.05) is 0 Å². The van der Waals surface area contributed by atoms with Crippen LogP contribution in [0.3, 0.4) is 0 Å². The Labute approximate surface area is 111 Å². The van der Waals surface area contributed by atoms with E-state index < -0.39 is 0 Å². The molecule has 1 saturated carbocycles. The van der Waals surface area contributed by atoms with Crippen LogP contribution in [0.4, 0.5) is 0 Å². The summed E-state index contributed by atoms with van der Waals surface area (Å²) < 4.78 is 0. The Morgan fingerprint density at radius 3 is 2.50 bits per heavy atom. The van der Waals surface area contributed by atoms with Crippen LogP contribution in [0.25, 0.3) is 0 Å². The number of likely N-dealkylation sites (N-methyl/N-ethyl adjacent to an activating group) is 2. The first-order chi connectivity index (χ1) is 8.72. The fraction of sp³-hybridized carbons (Fsp3) is 0.625. The normalized spacial score (nSPS) is 28.6. The molecule has 0 spiro atoms. The highest BCUT2D eigenvalue weighted by molar-refractivity contribution is 5.21. The third-order valence-corrected chi connectivity index (χ3v) is 4.22. The average molecular weight is 246 g/mol. The molecule has 3 unspecified atom stereocenters. The van der Waals surface area contributed by atoms with Crippen LogP contribution in [0.15, 0.2) is 30.3 Å². The van der Waals surface area contributed by atoms with Crippen molar-refractivity contribution in [3.63, 3.8) is 0 Å². The van der Waals surface area contributed by atoms with E-state index in [1.165, 1.54) is 24.8 Å². The van der Waals surface area contributed by atoms with Gasteiger partial charge in [0.1, 0.15) is 0 Å². The SMILES string of the molecule is CCNC1CCC(c2ccccc2)CC1N(C)C. The molecule has 0 radical (unpaired) electrons. The quantitative estimate of drug-likeness (QED) is 0.879. The summed E-state index contributed by atoms with van der Waals surface area (Å²) in [4.78, 5) is 2.39. The first-order valence-corrected chi connectivity index (χ1v) is 7.17. The summed E-state index contributed by atoms with van der Waals surface area (Å²) in [6, 6.07) is 12.3. The maximum atomic E-state index is 3.65. The lowest BCUT2D eigenvalue weighted by atomic mass is 9.78. The fourth-order valence-corrected chi connectivity index (χ4v) is 3.25. The Balaban J connectivity index is 2.06. The van der Waals surface area contributed by atoms with Crippen molar-refractivity contribution in [1.82, 2.24) is 10.2 Å². The molecule has 1 N–H and O–H groups in total. The average Bonchev–Trinajstić information content (AvgIpc) is 2.40. The maximum Gasteiger partial charge on any atom is 0.0249 e. The molecule has 1 aliphatic carbocycles. The third kappa shape index (κ3) is 3.12. The molecule has 0 aliphatic heterocycles. The van der Waals surface area contributed by atoms with Gasteiger partial charge in [-0.05, 0) is 51.4 Å². The van der Waals surface area contributed by atoms with Gasteiger partial charge in [0.2, 0.25) is 0 Å². The highest BCUT2D eigenvalue weighted by atomic mass is 15.1. The van der Waals surface area contributed by atoms with Gasteiger partial charge in [-0.3, -0.25) is 0 Å². The largest absolute Gasteiger partial charge is 0.313 e. The Hall–Kier alpha value is -0.860. The van der Waals surface area contributed by atoms with Crippen LogP contribution in [0.1, 0.15) is 37.7 Å². The second kappa shape index (κ2) is 6.35. The van der Waals surface area contributed by atoms with Crippen LogP contribution in [-0.2, 0) is 0 Å². The predicted molar refractivity (Wildman–Crippen MR) is 78.0 cm³/mol. The van der Waals surface area contributed by atoms with E-state index in [0.717, 1.165) is 12.5 Å². The minimum Gasteiger partial charge on any atom is -0.313 e. The molecule has 0 saturated heterocycles. The van der Waals surface area contributed by atoms with E-state index in [1.54, 1.807) is 0 Å². The van der Waals surface area contributed by atoms with Crippen LogP contribution < -0.4 is 5.32 Å². The smallest absolute Gasteiger partial charge is 0.0249 e. The van der Waals surface area contributed by atoms with Gasteiger partial charge >= 0.3 is 0 Å². The van der Waals surface area contributed by atoms with Gasteiger partial charge in [-0.2, -0.15) is 0 Å². The number of rotatable bonds is 4. The standard InChI is InChI=1S/C16H26N2/c1-4-17-15-11-10-14(12-16(15)18(2)3)13-8-6-5-7-9-13/h5-9,14-17H,4,10-12H2,1-3H3. The lowest BCUT2D eigenvalue weighted by molar-refractivity contribution is 0.165. The van der Waals surface area contributed by atoms with Gasteiger partial charge in [0, 0.05) is 12.1 Å². The van der Waals surface area contributed by atoms with Crippen LogP contribution in [0, 0.1) is 0 Å². The topological polar surface area (TPSA) is 15.3 Å². The molecule has 0 bridgehead atoms. The van der Waals surface area contributed by atoms with Crippen molar-refractivity contribution >= 4 is 0 Å². The number of benzene rings is 1. The van der Waals surface area contributed by atoms with Crippen molar-refractivity contribution in [2.45, 2.75) is 44.2 Å². The summed E-state index contributed by atoms with van der Waals surface area (Å²) in [6.45, 7) is 3.28. The Kier molecular flexibility index (Phi) is 4.79. The highest BCUT2D eigenvalue weighted by Gasteiger charge is 2.31. The zero-order chi connectivity index (χ0) is 13.0. The molecule has 1 aromatic rings. The molecule has 0 amide bonds. The Morgan fingerprint density at radius 2 is 1.89 bits per heavy atom. The van der Waals surface area contributed by atoms with Crippen LogP contribution in [0.2, 0.25) is 0 Å². The molecule has 2 rings (SSSR count). The van der Waals surface area contributed by atoms with Crippen LogP contribution in [-0.4, -0.2) is 37.6 Å². The molecule has 100 valence electrons. The molecule has 0 heterocycles. The summed E-state index contributed by atoms with van der Waals surface area (Å²) >= 11 is 0. The minimum absolute atomic E-state index is 0.656. The zero-order valence-corrected chi connectivity index (χ0v) is 11.9. The molecule has 2 heteroatoms. The van der Waals surface area contributed by atoms with Crippen molar-refractivity contribution in [1.29, 1.82) is 0 Å². The maximum absolute atomic E-state index is 3.65. The van der Waals surface area contributed by atoms with Gasteiger partial charge in [0.25, 0.3) is 0 Å². The lowest BCUT2D eigenvalue weighted by Crippen LogP contribution is -2.50. The fourth-order valence-electron chi connectivity index (χ4n) is 3.25. The summed E-state index contributed by atoms with van der Waals surface area (Å²) in [6.07, 6.45) is 3.87. The number of nitrogens with one attached hydrogen (secondary N) is 1. The minimum atomic E-state index is 0.656. The summed E-state index contributed by atoms with van der Waals surface area (Å²) in [5.41, 5.74) is 1.51. The first-order valence-electron chi connectivity index (χ1n) is 7.17. The summed E-state index contributed by atoms with van der Waals surface area (Å²) in [7, 11) is 4.42. The second-order valence-corrected chi connectivity index (χ2v) is 5.62. The first kappa shape index (κ1) is 13.6. The van der Waals surface area contributed by atoms with Gasteiger partial charge in [-0.1, -0.05) is 37.3 Å². The Bertz CT molecular complexity index is 347. The molecule has 1 aromatic carbocycles. The van der Waals surface area contributed by atoms with Crippen molar-refractivity contribution in [2.75, 3.05) is 20.6 Å². The van der Waals surface area contributed by atoms with Crippen molar-refractivity contribution < 1.29 is 0 Å². The zero-order valence-electron chi connectivity index (χ0n) is 11.9. The molecule has 3 atom stereocenters. The molecule has 0 aromatic heterocycles. The van der Waals surface area contributed by atoms with Gasteiger partial charge < -0.3 is 10.2 Å². The van der Waals surface area contributed by atoms with E-state index in [0.29, 0.717) is 12.1 Å². The van der Waals surface area contributed by atoms with Gasteiger partial charge in [0.05, 0.1) is 0 Å². The number of hydrogen-bond acceptors (Lipinski definition) is 2. The molecular weight excluding hydrogens is 220 g/mol. The Morgan fingerprint density at radius 1 is 1.17 bits per heavy atom. The monoisotopic (exact) mass is 246 g/mol. The molecule has 1 aliphatic rings.